The summed E-state index contributed by atoms with van der Waals surface area (Å²) in [5, 5.41) is 1.85. The lowest BCUT2D eigenvalue weighted by molar-refractivity contribution is -0.938. The SMILES string of the molecule is C=C(S/C=C\C)C(=O)C[N+]12CCC(CC1)[C@@H](OC(=O)CC(c1cccc(F)c1)c1cccc(F)c1)C2. The molecule has 36 heavy (non-hydrogen) atoms. The van der Waals surface area contributed by atoms with E-state index in [1.165, 1.54) is 36.0 Å². The largest absolute Gasteiger partial charge is 0.456 e. The Balaban J connectivity index is 1.46. The Bertz CT molecular complexity index is 1110. The maximum Gasteiger partial charge on any atom is 0.307 e. The number of hydrogen-bond donors (Lipinski definition) is 0. The maximum atomic E-state index is 14.0. The molecule has 0 amide bonds. The van der Waals surface area contributed by atoms with E-state index in [0.29, 0.717) is 33.6 Å². The first kappa shape index (κ1) is 26.3. The monoisotopic (exact) mass is 512 g/mol. The molecule has 3 aliphatic rings. The Hall–Kier alpha value is -2.77. The lowest BCUT2D eigenvalue weighted by atomic mass is 9.83. The van der Waals surface area contributed by atoms with Gasteiger partial charge >= 0.3 is 5.97 Å². The molecule has 2 bridgehead atoms. The molecule has 2 aromatic rings. The number of carbonyl (C=O) groups excluding carboxylic acids is 2. The van der Waals surface area contributed by atoms with Crippen LogP contribution >= 0.6 is 11.8 Å². The Morgan fingerprint density at radius 1 is 1.11 bits per heavy atom. The van der Waals surface area contributed by atoms with Crippen molar-refractivity contribution in [2.45, 2.75) is 38.2 Å². The van der Waals surface area contributed by atoms with Crippen molar-refractivity contribution in [3.63, 3.8) is 0 Å². The first-order valence-corrected chi connectivity index (χ1v) is 13.2. The van der Waals surface area contributed by atoms with Gasteiger partial charge in [0, 0.05) is 24.7 Å². The van der Waals surface area contributed by atoms with Crippen LogP contribution < -0.4 is 0 Å². The van der Waals surface area contributed by atoms with Crippen LogP contribution in [0.4, 0.5) is 8.78 Å². The molecule has 0 saturated carbocycles. The number of fused-ring (bicyclic) bond motifs is 3. The van der Waals surface area contributed by atoms with Crippen LogP contribution in [0.3, 0.4) is 0 Å². The van der Waals surface area contributed by atoms with Gasteiger partial charge in [0.1, 0.15) is 24.7 Å². The van der Waals surface area contributed by atoms with Crippen LogP contribution in [0, 0.1) is 17.6 Å². The van der Waals surface area contributed by atoms with E-state index in [-0.39, 0.29) is 24.2 Å². The van der Waals surface area contributed by atoms with Crippen LogP contribution in [0.25, 0.3) is 0 Å². The topological polar surface area (TPSA) is 43.4 Å². The quantitative estimate of drug-likeness (QED) is 0.223. The third kappa shape index (κ3) is 6.31. The molecule has 7 heteroatoms. The second-order valence-electron chi connectivity index (χ2n) is 9.80. The Morgan fingerprint density at radius 2 is 1.72 bits per heavy atom. The fourth-order valence-corrected chi connectivity index (χ4v) is 5.94. The number of quaternary nitrogens is 1. The van der Waals surface area contributed by atoms with E-state index in [1.807, 2.05) is 18.4 Å². The second-order valence-corrected chi connectivity index (χ2v) is 10.8. The predicted octanol–water partition coefficient (Wildman–Crippen LogP) is 5.99. The van der Waals surface area contributed by atoms with Crippen LogP contribution in [-0.2, 0) is 14.3 Å². The van der Waals surface area contributed by atoms with Gasteiger partial charge < -0.3 is 9.22 Å². The highest BCUT2D eigenvalue weighted by Crippen LogP contribution is 2.37. The summed E-state index contributed by atoms with van der Waals surface area (Å²) in [5.41, 5.74) is 1.19. The summed E-state index contributed by atoms with van der Waals surface area (Å²) in [4.78, 5) is 26.5. The van der Waals surface area contributed by atoms with Crippen LogP contribution in [-0.4, -0.2) is 48.5 Å². The molecular formula is C29H32F2NO3S+. The minimum atomic E-state index is -0.526. The van der Waals surface area contributed by atoms with Gasteiger partial charge in [-0.15, -0.1) is 0 Å². The molecule has 2 aromatic carbocycles. The van der Waals surface area contributed by atoms with Gasteiger partial charge in [-0.3, -0.25) is 9.59 Å². The van der Waals surface area contributed by atoms with E-state index >= 15 is 0 Å². The van der Waals surface area contributed by atoms with Gasteiger partial charge in [0.15, 0.2) is 6.10 Å². The molecule has 3 fully saturated rings. The third-order valence-electron chi connectivity index (χ3n) is 7.33. The van der Waals surface area contributed by atoms with E-state index in [9.17, 15) is 18.4 Å². The zero-order valence-electron chi connectivity index (χ0n) is 20.5. The number of benzene rings is 2. The van der Waals surface area contributed by atoms with Gasteiger partial charge in [-0.2, -0.15) is 0 Å². The van der Waals surface area contributed by atoms with Gasteiger partial charge in [0.2, 0.25) is 5.78 Å². The summed E-state index contributed by atoms with van der Waals surface area (Å²) in [6, 6.07) is 12.1. The number of esters is 1. The lowest BCUT2D eigenvalue weighted by Crippen LogP contribution is -2.65. The van der Waals surface area contributed by atoms with Gasteiger partial charge in [-0.25, -0.2) is 8.78 Å². The summed E-state index contributed by atoms with van der Waals surface area (Å²) >= 11 is 1.34. The summed E-state index contributed by atoms with van der Waals surface area (Å²) in [6.45, 7) is 8.56. The van der Waals surface area contributed by atoms with Crippen LogP contribution in [0.15, 0.2) is 71.5 Å². The molecule has 4 nitrogen and oxygen atoms in total. The van der Waals surface area contributed by atoms with Crippen molar-refractivity contribution in [1.82, 2.24) is 0 Å². The highest BCUT2D eigenvalue weighted by Gasteiger charge is 2.48. The normalized spacial score (nSPS) is 23.2. The number of halogens is 2. The molecule has 0 aromatic heterocycles. The number of ketones is 1. The summed E-state index contributed by atoms with van der Waals surface area (Å²) < 4.78 is 34.6. The molecule has 190 valence electrons. The number of nitrogens with zero attached hydrogens (tertiary/aromatic N) is 1. The standard InChI is InChI=1S/C29H32F2NO3S/c1-3-14-36-20(2)27(33)18-32-12-10-21(11-13-32)28(19-32)35-29(34)17-26(22-6-4-8-24(30)15-22)23-7-5-9-25(31)16-23/h3-9,14-16,21,26,28H,2,10-13,17-19H2,1H3/q+1/b14-3-/t21?,28-,32?/m0/s1. The van der Waals surface area contributed by atoms with Gasteiger partial charge in [-0.05, 0) is 47.7 Å². The second kappa shape index (κ2) is 11.5. The highest BCUT2D eigenvalue weighted by molar-refractivity contribution is 8.06. The molecule has 3 heterocycles. The number of allylic oxidation sites excluding steroid dienone is 1. The van der Waals surface area contributed by atoms with Crippen LogP contribution in [0.2, 0.25) is 0 Å². The summed E-state index contributed by atoms with van der Waals surface area (Å²) in [5.74, 6) is -1.45. The zero-order chi connectivity index (χ0) is 25.7. The lowest BCUT2D eigenvalue weighted by Gasteiger charge is -2.51. The van der Waals surface area contributed by atoms with Crippen molar-refractivity contribution in [3.05, 3.63) is 94.3 Å². The highest BCUT2D eigenvalue weighted by atomic mass is 32.2. The van der Waals surface area contributed by atoms with Gasteiger partial charge in [-0.1, -0.05) is 48.7 Å². The Labute approximate surface area is 215 Å². The molecule has 0 spiro atoms. The number of hydrogen-bond acceptors (Lipinski definition) is 4. The first-order valence-electron chi connectivity index (χ1n) is 12.3. The van der Waals surface area contributed by atoms with Crippen molar-refractivity contribution < 1.29 is 27.6 Å². The van der Waals surface area contributed by atoms with E-state index in [1.54, 1.807) is 24.3 Å². The fourth-order valence-electron chi connectivity index (χ4n) is 5.44. The summed E-state index contributed by atoms with van der Waals surface area (Å²) in [7, 11) is 0. The van der Waals surface area contributed by atoms with E-state index in [0.717, 1.165) is 25.9 Å². The van der Waals surface area contributed by atoms with Crippen molar-refractivity contribution in [2.75, 3.05) is 26.2 Å². The van der Waals surface area contributed by atoms with E-state index in [2.05, 4.69) is 6.58 Å². The molecule has 5 rings (SSSR count). The predicted molar refractivity (Wildman–Crippen MR) is 138 cm³/mol. The molecular weight excluding hydrogens is 480 g/mol. The maximum absolute atomic E-state index is 14.0. The van der Waals surface area contributed by atoms with Crippen molar-refractivity contribution in [2.24, 2.45) is 5.92 Å². The molecule has 0 unspecified atom stereocenters. The van der Waals surface area contributed by atoms with E-state index < -0.39 is 23.5 Å². The van der Waals surface area contributed by atoms with Gasteiger partial charge in [0.05, 0.1) is 24.4 Å². The summed E-state index contributed by atoms with van der Waals surface area (Å²) in [6.07, 6.45) is 3.38. The Kier molecular flexibility index (Phi) is 8.42. The minimum Gasteiger partial charge on any atom is -0.456 e. The fraction of sp³-hybridized carbons (Fsp3) is 0.379. The first-order chi connectivity index (χ1) is 17.3. The van der Waals surface area contributed by atoms with Crippen molar-refractivity contribution in [1.29, 1.82) is 0 Å². The number of carbonyl (C=O) groups is 2. The molecule has 0 N–H and O–H groups in total. The minimum absolute atomic E-state index is 0.0220. The molecule has 0 radical (unpaired) electrons. The number of Topliss-reactive ketones (excluding diaryl/α,β-unsaturated/α-hetero) is 1. The van der Waals surface area contributed by atoms with Crippen LogP contribution in [0.1, 0.15) is 43.2 Å². The molecule has 0 aliphatic carbocycles. The number of thioether (sulfide) groups is 1. The Morgan fingerprint density at radius 3 is 2.28 bits per heavy atom. The zero-order valence-corrected chi connectivity index (χ0v) is 21.3. The number of rotatable bonds is 10. The molecule has 1 atom stereocenters. The van der Waals surface area contributed by atoms with Crippen molar-refractivity contribution >= 4 is 23.5 Å². The number of piperidine rings is 3. The smallest absolute Gasteiger partial charge is 0.307 e. The number of ether oxygens (including phenoxy) is 1. The van der Waals surface area contributed by atoms with Crippen LogP contribution in [0.5, 0.6) is 0 Å². The van der Waals surface area contributed by atoms with Gasteiger partial charge in [0.25, 0.3) is 0 Å². The molecule has 3 aliphatic heterocycles. The van der Waals surface area contributed by atoms with E-state index in [4.69, 9.17) is 4.74 Å². The average Bonchev–Trinajstić information content (AvgIpc) is 2.86. The van der Waals surface area contributed by atoms with Crippen molar-refractivity contribution in [3.8, 4) is 0 Å². The third-order valence-corrected chi connectivity index (χ3v) is 8.25. The average molecular weight is 513 g/mol. The molecule has 3 saturated heterocycles.